The fourth-order valence-corrected chi connectivity index (χ4v) is 2.31. The molecular formula is C14H20FN. The number of nitrogens with one attached hydrogen (secondary N) is 1. The molecule has 3 unspecified atom stereocenters. The van der Waals surface area contributed by atoms with Gasteiger partial charge in [-0.25, -0.2) is 4.39 Å². The summed E-state index contributed by atoms with van der Waals surface area (Å²) in [6.07, 6.45) is 3.90. The molecule has 1 aliphatic carbocycles. The average molecular weight is 221 g/mol. The standard InChI is InChI=1S/C14H20FN/c1-3-4-12-9-14(12)16-10(2)11-5-7-13(15)8-6-11/h5-8,10,12,14,16H,3-4,9H2,1-2H3. The average Bonchev–Trinajstić information content (AvgIpc) is 2.98. The van der Waals surface area contributed by atoms with Crippen molar-refractivity contribution in [2.24, 2.45) is 5.92 Å². The molecule has 0 saturated heterocycles. The van der Waals surface area contributed by atoms with E-state index in [1.165, 1.54) is 37.0 Å². The first-order valence-electron chi connectivity index (χ1n) is 6.22. The van der Waals surface area contributed by atoms with Crippen molar-refractivity contribution >= 4 is 0 Å². The van der Waals surface area contributed by atoms with Crippen LogP contribution in [0.15, 0.2) is 24.3 Å². The first kappa shape index (κ1) is 11.6. The van der Waals surface area contributed by atoms with Crippen LogP contribution in [0.25, 0.3) is 0 Å². The Morgan fingerprint density at radius 3 is 2.69 bits per heavy atom. The van der Waals surface area contributed by atoms with Crippen molar-refractivity contribution in [3.8, 4) is 0 Å². The summed E-state index contributed by atoms with van der Waals surface area (Å²) in [5.41, 5.74) is 1.17. The van der Waals surface area contributed by atoms with Crippen LogP contribution in [0, 0.1) is 11.7 Å². The summed E-state index contributed by atoms with van der Waals surface area (Å²) in [7, 11) is 0. The minimum absolute atomic E-state index is 0.161. The van der Waals surface area contributed by atoms with Crippen molar-refractivity contribution in [1.29, 1.82) is 0 Å². The van der Waals surface area contributed by atoms with Crippen molar-refractivity contribution in [2.75, 3.05) is 0 Å². The van der Waals surface area contributed by atoms with Crippen LogP contribution in [0.4, 0.5) is 4.39 Å². The molecule has 0 spiro atoms. The van der Waals surface area contributed by atoms with Gasteiger partial charge in [-0.1, -0.05) is 25.5 Å². The van der Waals surface area contributed by atoms with Crippen LogP contribution in [0.3, 0.4) is 0 Å². The Hall–Kier alpha value is -0.890. The summed E-state index contributed by atoms with van der Waals surface area (Å²) in [5, 5.41) is 3.60. The zero-order chi connectivity index (χ0) is 11.5. The number of hydrogen-bond donors (Lipinski definition) is 1. The highest BCUT2D eigenvalue weighted by Gasteiger charge is 2.36. The maximum Gasteiger partial charge on any atom is 0.123 e. The van der Waals surface area contributed by atoms with E-state index in [1.807, 2.05) is 12.1 Å². The van der Waals surface area contributed by atoms with Crippen LogP contribution >= 0.6 is 0 Å². The highest BCUT2D eigenvalue weighted by atomic mass is 19.1. The highest BCUT2D eigenvalue weighted by molar-refractivity contribution is 5.19. The van der Waals surface area contributed by atoms with Gasteiger partial charge in [0.1, 0.15) is 5.82 Å². The topological polar surface area (TPSA) is 12.0 Å². The Morgan fingerprint density at radius 2 is 2.06 bits per heavy atom. The third kappa shape index (κ3) is 2.82. The van der Waals surface area contributed by atoms with Crippen LogP contribution in [0.2, 0.25) is 0 Å². The van der Waals surface area contributed by atoms with Crippen LogP contribution in [-0.2, 0) is 0 Å². The number of benzene rings is 1. The SMILES string of the molecule is CCCC1CC1NC(C)c1ccc(F)cc1. The molecule has 1 saturated carbocycles. The predicted octanol–water partition coefficient (Wildman–Crippen LogP) is 3.66. The molecule has 1 aliphatic rings. The fraction of sp³-hybridized carbons (Fsp3) is 0.571. The zero-order valence-corrected chi connectivity index (χ0v) is 10.0. The van der Waals surface area contributed by atoms with Crippen LogP contribution < -0.4 is 5.32 Å². The molecule has 1 nitrogen and oxygen atoms in total. The summed E-state index contributed by atoms with van der Waals surface area (Å²) < 4.78 is 12.8. The van der Waals surface area contributed by atoms with Crippen molar-refractivity contribution in [3.05, 3.63) is 35.6 Å². The molecule has 1 aromatic carbocycles. The highest BCUT2D eigenvalue weighted by Crippen LogP contribution is 2.36. The van der Waals surface area contributed by atoms with Gasteiger partial charge >= 0.3 is 0 Å². The molecule has 1 fully saturated rings. The lowest BCUT2D eigenvalue weighted by atomic mass is 10.1. The van der Waals surface area contributed by atoms with Gasteiger partial charge in [-0.15, -0.1) is 0 Å². The summed E-state index contributed by atoms with van der Waals surface area (Å²) in [6, 6.07) is 7.80. The molecule has 0 heterocycles. The van der Waals surface area contributed by atoms with E-state index >= 15 is 0 Å². The Bertz CT molecular complexity index is 333. The normalized spacial score (nSPS) is 25.4. The summed E-state index contributed by atoms with van der Waals surface area (Å²) in [4.78, 5) is 0. The minimum Gasteiger partial charge on any atom is -0.307 e. The monoisotopic (exact) mass is 221 g/mol. The number of rotatable bonds is 5. The van der Waals surface area contributed by atoms with Crippen LogP contribution in [0.1, 0.15) is 44.7 Å². The van der Waals surface area contributed by atoms with E-state index in [4.69, 9.17) is 0 Å². The third-order valence-corrected chi connectivity index (χ3v) is 3.42. The number of halogens is 1. The number of hydrogen-bond acceptors (Lipinski definition) is 1. The predicted molar refractivity (Wildman–Crippen MR) is 64.8 cm³/mol. The van der Waals surface area contributed by atoms with E-state index in [0.29, 0.717) is 12.1 Å². The summed E-state index contributed by atoms with van der Waals surface area (Å²) in [6.45, 7) is 4.38. The molecule has 3 atom stereocenters. The lowest BCUT2D eigenvalue weighted by Crippen LogP contribution is -2.22. The van der Waals surface area contributed by atoms with E-state index in [0.717, 1.165) is 5.92 Å². The second-order valence-corrected chi connectivity index (χ2v) is 4.83. The molecule has 0 aliphatic heterocycles. The fourth-order valence-electron chi connectivity index (χ4n) is 2.31. The molecule has 2 rings (SSSR count). The molecule has 1 aromatic rings. The summed E-state index contributed by atoms with van der Waals surface area (Å²) in [5.74, 6) is 0.708. The molecule has 2 heteroatoms. The third-order valence-electron chi connectivity index (χ3n) is 3.42. The van der Waals surface area contributed by atoms with E-state index in [9.17, 15) is 4.39 Å². The van der Waals surface area contributed by atoms with Gasteiger partial charge in [0.2, 0.25) is 0 Å². The molecule has 0 amide bonds. The van der Waals surface area contributed by atoms with Gasteiger partial charge in [-0.2, -0.15) is 0 Å². The van der Waals surface area contributed by atoms with Gasteiger partial charge in [-0.3, -0.25) is 0 Å². The quantitative estimate of drug-likeness (QED) is 0.800. The van der Waals surface area contributed by atoms with Gasteiger partial charge in [0, 0.05) is 12.1 Å². The first-order valence-corrected chi connectivity index (χ1v) is 6.22. The molecule has 88 valence electrons. The molecule has 0 radical (unpaired) electrons. The van der Waals surface area contributed by atoms with E-state index in [1.54, 1.807) is 0 Å². The second-order valence-electron chi connectivity index (χ2n) is 4.83. The van der Waals surface area contributed by atoms with Gasteiger partial charge in [0.05, 0.1) is 0 Å². The van der Waals surface area contributed by atoms with E-state index in [-0.39, 0.29) is 5.82 Å². The smallest absolute Gasteiger partial charge is 0.123 e. The minimum atomic E-state index is -0.161. The lowest BCUT2D eigenvalue weighted by molar-refractivity contribution is 0.529. The lowest BCUT2D eigenvalue weighted by Gasteiger charge is -2.14. The first-order chi connectivity index (χ1) is 7.70. The Labute approximate surface area is 97.1 Å². The molecule has 16 heavy (non-hydrogen) atoms. The van der Waals surface area contributed by atoms with Gasteiger partial charge in [0.25, 0.3) is 0 Å². The Morgan fingerprint density at radius 1 is 1.38 bits per heavy atom. The van der Waals surface area contributed by atoms with E-state index in [2.05, 4.69) is 19.2 Å². The van der Waals surface area contributed by atoms with Crippen LogP contribution in [-0.4, -0.2) is 6.04 Å². The zero-order valence-electron chi connectivity index (χ0n) is 10.0. The summed E-state index contributed by atoms with van der Waals surface area (Å²) >= 11 is 0. The van der Waals surface area contributed by atoms with Crippen molar-refractivity contribution < 1.29 is 4.39 Å². The maximum atomic E-state index is 12.8. The Kier molecular flexibility index (Phi) is 3.59. The second kappa shape index (κ2) is 4.96. The molecular weight excluding hydrogens is 201 g/mol. The molecule has 0 aromatic heterocycles. The van der Waals surface area contributed by atoms with Crippen molar-refractivity contribution in [3.63, 3.8) is 0 Å². The van der Waals surface area contributed by atoms with Crippen molar-refractivity contribution in [2.45, 2.75) is 45.2 Å². The van der Waals surface area contributed by atoms with E-state index < -0.39 is 0 Å². The largest absolute Gasteiger partial charge is 0.307 e. The van der Waals surface area contributed by atoms with Crippen LogP contribution in [0.5, 0.6) is 0 Å². The molecule has 1 N–H and O–H groups in total. The van der Waals surface area contributed by atoms with Gasteiger partial charge in [0.15, 0.2) is 0 Å². The van der Waals surface area contributed by atoms with Gasteiger partial charge < -0.3 is 5.32 Å². The Balaban J connectivity index is 1.84. The maximum absolute atomic E-state index is 12.8. The van der Waals surface area contributed by atoms with Crippen molar-refractivity contribution in [1.82, 2.24) is 5.32 Å². The molecule has 0 bridgehead atoms. The van der Waals surface area contributed by atoms with Gasteiger partial charge in [-0.05, 0) is 43.4 Å².